The number of benzene rings is 5. The van der Waals surface area contributed by atoms with Crippen molar-refractivity contribution in [1.82, 2.24) is 0 Å². The third-order valence-electron chi connectivity index (χ3n) is 8.59. The topological polar surface area (TPSA) is 76.8 Å². The van der Waals surface area contributed by atoms with Crippen LogP contribution in [-0.4, -0.2) is 11.1 Å². The third-order valence-corrected chi connectivity index (χ3v) is 8.59. The maximum absolute atomic E-state index is 11.0. The normalized spacial score (nSPS) is 18.8. The molecule has 0 aromatic heterocycles. The maximum Gasteiger partial charge on any atom is 0.269 e. The number of anilines is 1. The summed E-state index contributed by atoms with van der Waals surface area (Å²) in [5.41, 5.74) is 7.86. The van der Waals surface area contributed by atoms with Crippen molar-refractivity contribution in [3.05, 3.63) is 153 Å². The lowest BCUT2D eigenvalue weighted by molar-refractivity contribution is -0.384. The van der Waals surface area contributed by atoms with Crippen LogP contribution in [0.1, 0.15) is 46.2 Å². The number of allylic oxidation sites excluding steroid dienone is 2. The van der Waals surface area contributed by atoms with Crippen LogP contribution in [0.25, 0.3) is 10.8 Å². The molecule has 212 valence electrons. The quantitative estimate of drug-likeness (QED) is 0.0924. The molecule has 5 aromatic carbocycles. The van der Waals surface area contributed by atoms with Crippen molar-refractivity contribution in [2.45, 2.75) is 31.9 Å². The average Bonchev–Trinajstić information content (AvgIpc) is 3.54. The molecule has 2 aliphatic rings. The standard InChI is InChI=1S/C37H31N3O3/c1-24-9-19-35-33(21-24)31-7-4-8-32(31)37(39-35)27-12-15-28(16-13-27)38-22-34-30-6-3-2-5-26(30)14-20-36(34)43-23-25-10-17-29(18-11-25)40(41)42/h2-7,9-22,31-32,37,39H,8,23H2,1H3/t31-,32-,37-/m1/s1. The van der Waals surface area contributed by atoms with Crippen molar-refractivity contribution in [3.63, 3.8) is 0 Å². The van der Waals surface area contributed by atoms with E-state index < -0.39 is 4.92 Å². The Kier molecular flexibility index (Phi) is 6.95. The van der Waals surface area contributed by atoms with E-state index in [9.17, 15) is 10.1 Å². The number of hydrogen-bond donors (Lipinski definition) is 1. The molecule has 0 amide bonds. The Morgan fingerprint density at radius 1 is 0.977 bits per heavy atom. The van der Waals surface area contributed by atoms with E-state index in [1.807, 2.05) is 30.5 Å². The number of nitro benzene ring substituents is 1. The van der Waals surface area contributed by atoms with Gasteiger partial charge in [-0.3, -0.25) is 15.1 Å². The summed E-state index contributed by atoms with van der Waals surface area (Å²) in [6, 6.07) is 34.1. The number of rotatable bonds is 7. The van der Waals surface area contributed by atoms with Crippen LogP contribution < -0.4 is 10.1 Å². The van der Waals surface area contributed by atoms with E-state index in [-0.39, 0.29) is 11.7 Å². The van der Waals surface area contributed by atoms with Crippen LogP contribution in [0.3, 0.4) is 0 Å². The summed E-state index contributed by atoms with van der Waals surface area (Å²) in [7, 11) is 0. The van der Waals surface area contributed by atoms with E-state index in [4.69, 9.17) is 9.73 Å². The minimum atomic E-state index is -0.400. The number of hydrogen-bond acceptors (Lipinski definition) is 5. The van der Waals surface area contributed by atoms with Crippen molar-refractivity contribution in [1.29, 1.82) is 0 Å². The predicted octanol–water partition coefficient (Wildman–Crippen LogP) is 9.21. The highest BCUT2D eigenvalue weighted by atomic mass is 16.6. The highest BCUT2D eigenvalue weighted by Crippen LogP contribution is 2.50. The molecule has 0 bridgehead atoms. The van der Waals surface area contributed by atoms with Gasteiger partial charge in [-0.25, -0.2) is 0 Å². The Labute approximate surface area is 250 Å². The van der Waals surface area contributed by atoms with Crippen molar-refractivity contribution in [2.75, 3.05) is 5.32 Å². The SMILES string of the molecule is Cc1ccc2c(c1)[C@@H]1C=CC[C@H]1[C@@H](c1ccc(N=Cc3c(OCc4ccc([N+](=O)[O-])cc4)ccc4ccccc34)cc1)N2. The van der Waals surface area contributed by atoms with Gasteiger partial charge in [0, 0.05) is 35.5 Å². The average molecular weight is 566 g/mol. The molecule has 0 spiro atoms. The molecule has 6 heteroatoms. The smallest absolute Gasteiger partial charge is 0.269 e. The second-order valence-corrected chi connectivity index (χ2v) is 11.3. The first kappa shape index (κ1) is 26.7. The lowest BCUT2D eigenvalue weighted by Crippen LogP contribution is -2.29. The minimum Gasteiger partial charge on any atom is -0.488 e. The zero-order valence-electron chi connectivity index (χ0n) is 23.8. The number of fused-ring (bicyclic) bond motifs is 4. The monoisotopic (exact) mass is 565 g/mol. The van der Waals surface area contributed by atoms with E-state index in [0.29, 0.717) is 24.2 Å². The van der Waals surface area contributed by atoms with Crippen molar-refractivity contribution < 1.29 is 9.66 Å². The summed E-state index contributed by atoms with van der Waals surface area (Å²) in [6.07, 6.45) is 7.64. The summed E-state index contributed by atoms with van der Waals surface area (Å²) >= 11 is 0. The van der Waals surface area contributed by atoms with Gasteiger partial charge in [0.15, 0.2) is 0 Å². The summed E-state index contributed by atoms with van der Waals surface area (Å²) < 4.78 is 6.22. The molecule has 3 atom stereocenters. The molecule has 1 N–H and O–H groups in total. The van der Waals surface area contributed by atoms with Crippen molar-refractivity contribution >= 4 is 34.0 Å². The van der Waals surface area contributed by atoms with Gasteiger partial charge in [0.05, 0.1) is 16.7 Å². The number of aryl methyl sites for hydroxylation is 1. The molecule has 5 aromatic rings. The van der Waals surface area contributed by atoms with Gasteiger partial charge in [0.25, 0.3) is 5.69 Å². The highest BCUT2D eigenvalue weighted by molar-refractivity contribution is 6.03. The number of non-ortho nitro benzene ring substituents is 1. The molecule has 6 nitrogen and oxygen atoms in total. The molecule has 7 rings (SSSR count). The van der Waals surface area contributed by atoms with E-state index >= 15 is 0 Å². The first-order valence-corrected chi connectivity index (χ1v) is 14.6. The third kappa shape index (κ3) is 5.28. The van der Waals surface area contributed by atoms with Gasteiger partial charge in [-0.05, 0) is 83.1 Å². The van der Waals surface area contributed by atoms with E-state index in [1.54, 1.807) is 12.1 Å². The zero-order valence-corrected chi connectivity index (χ0v) is 23.8. The lowest BCUT2D eigenvalue weighted by Gasteiger charge is -2.37. The summed E-state index contributed by atoms with van der Waals surface area (Å²) in [5.74, 6) is 1.64. The van der Waals surface area contributed by atoms with Gasteiger partial charge in [-0.1, -0.05) is 72.3 Å². The molecule has 0 fully saturated rings. The molecule has 1 aliphatic carbocycles. The van der Waals surface area contributed by atoms with Crippen LogP contribution in [0.4, 0.5) is 17.1 Å². The summed E-state index contributed by atoms with van der Waals surface area (Å²) in [5, 5.41) is 17.0. The number of nitrogens with zero attached hydrogens (tertiary/aromatic N) is 2. The van der Waals surface area contributed by atoms with E-state index in [2.05, 4.69) is 79.0 Å². The Balaban J connectivity index is 1.13. The lowest BCUT2D eigenvalue weighted by atomic mass is 9.76. The first-order chi connectivity index (χ1) is 21.0. The van der Waals surface area contributed by atoms with E-state index in [0.717, 1.165) is 34.0 Å². The van der Waals surface area contributed by atoms with Crippen LogP contribution in [0.15, 0.2) is 120 Å². The van der Waals surface area contributed by atoms with Crippen molar-refractivity contribution in [3.8, 4) is 5.75 Å². The Morgan fingerprint density at radius 2 is 1.79 bits per heavy atom. The highest BCUT2D eigenvalue weighted by Gasteiger charge is 2.37. The number of nitro groups is 1. The van der Waals surface area contributed by atoms with Gasteiger partial charge in [0.1, 0.15) is 12.4 Å². The Morgan fingerprint density at radius 3 is 2.60 bits per heavy atom. The molecule has 0 unspecified atom stereocenters. The second kappa shape index (κ2) is 11.2. The molecule has 1 heterocycles. The molecule has 0 saturated carbocycles. The van der Waals surface area contributed by atoms with Crippen LogP contribution >= 0.6 is 0 Å². The van der Waals surface area contributed by atoms with Gasteiger partial charge < -0.3 is 10.1 Å². The predicted molar refractivity (Wildman–Crippen MR) is 173 cm³/mol. The second-order valence-electron chi connectivity index (χ2n) is 11.3. The number of nitrogens with one attached hydrogen (secondary N) is 1. The Bertz CT molecular complexity index is 1880. The summed E-state index contributed by atoms with van der Waals surface area (Å²) in [6.45, 7) is 2.45. The van der Waals surface area contributed by atoms with Gasteiger partial charge in [-0.2, -0.15) is 0 Å². The van der Waals surface area contributed by atoms with Crippen LogP contribution in [-0.2, 0) is 6.61 Å². The van der Waals surface area contributed by atoms with Crippen LogP contribution in [0.5, 0.6) is 5.75 Å². The number of aliphatic imine (C=N–C) groups is 1. The molecule has 0 saturated heterocycles. The van der Waals surface area contributed by atoms with Gasteiger partial charge in [0.2, 0.25) is 0 Å². The van der Waals surface area contributed by atoms with Gasteiger partial charge >= 0.3 is 0 Å². The first-order valence-electron chi connectivity index (χ1n) is 14.6. The molecular formula is C37H31N3O3. The zero-order chi connectivity index (χ0) is 29.3. The largest absolute Gasteiger partial charge is 0.488 e. The summed E-state index contributed by atoms with van der Waals surface area (Å²) in [4.78, 5) is 15.5. The fourth-order valence-corrected chi connectivity index (χ4v) is 6.36. The molecule has 0 radical (unpaired) electrons. The fourth-order valence-electron chi connectivity index (χ4n) is 6.36. The number of ether oxygens (including phenoxy) is 1. The minimum absolute atomic E-state index is 0.0622. The fraction of sp³-hybridized carbons (Fsp3) is 0.162. The molecule has 43 heavy (non-hydrogen) atoms. The van der Waals surface area contributed by atoms with Crippen LogP contribution in [0.2, 0.25) is 0 Å². The van der Waals surface area contributed by atoms with Crippen molar-refractivity contribution in [2.24, 2.45) is 10.9 Å². The maximum atomic E-state index is 11.0. The molecular weight excluding hydrogens is 534 g/mol. The Hall–Kier alpha value is -5.23. The van der Waals surface area contributed by atoms with Gasteiger partial charge in [-0.15, -0.1) is 0 Å². The molecule has 1 aliphatic heterocycles. The van der Waals surface area contributed by atoms with E-state index in [1.165, 1.54) is 34.5 Å². The van der Waals surface area contributed by atoms with Crippen LogP contribution in [0, 0.1) is 23.0 Å².